The van der Waals surface area contributed by atoms with E-state index in [1.54, 1.807) is 12.1 Å². The van der Waals surface area contributed by atoms with E-state index in [4.69, 9.17) is 4.52 Å². The molecule has 0 unspecified atom stereocenters. The maximum atomic E-state index is 9.77. The van der Waals surface area contributed by atoms with Gasteiger partial charge in [0, 0.05) is 10.9 Å². The predicted octanol–water partition coefficient (Wildman–Crippen LogP) is 3.55. The van der Waals surface area contributed by atoms with Gasteiger partial charge in [-0.15, -0.1) is 0 Å². The Morgan fingerprint density at radius 1 is 1.41 bits per heavy atom. The fourth-order valence-corrected chi connectivity index (χ4v) is 1.83. The number of hydrogen-bond acceptors (Lipinski definition) is 4. The Morgan fingerprint density at radius 2 is 2.24 bits per heavy atom. The lowest BCUT2D eigenvalue weighted by Crippen LogP contribution is -1.87. The van der Waals surface area contributed by atoms with Gasteiger partial charge in [0.1, 0.15) is 5.75 Å². The van der Waals surface area contributed by atoms with E-state index in [2.05, 4.69) is 33.0 Å². The van der Waals surface area contributed by atoms with E-state index >= 15 is 0 Å². The molecule has 0 saturated carbocycles. The molecule has 0 aliphatic rings. The summed E-state index contributed by atoms with van der Waals surface area (Å²) in [6.07, 6.45) is 2.93. The molecule has 5 heteroatoms. The van der Waals surface area contributed by atoms with Crippen LogP contribution in [0.4, 0.5) is 0 Å². The van der Waals surface area contributed by atoms with Crippen LogP contribution in [-0.4, -0.2) is 15.2 Å². The van der Waals surface area contributed by atoms with E-state index in [1.807, 2.05) is 6.07 Å². The summed E-state index contributed by atoms with van der Waals surface area (Å²) in [7, 11) is 0. The highest BCUT2D eigenvalue weighted by Crippen LogP contribution is 2.30. The lowest BCUT2D eigenvalue weighted by molar-refractivity contribution is 0.416. The summed E-state index contributed by atoms with van der Waals surface area (Å²) >= 11 is 3.28. The number of nitrogens with zero attached hydrogens (tertiary/aromatic N) is 2. The first-order chi connectivity index (χ1) is 8.20. The van der Waals surface area contributed by atoms with Gasteiger partial charge in [-0.1, -0.05) is 34.4 Å². The molecule has 2 rings (SSSR count). The SMILES string of the molecule is CCCCc1noc(-c2ccc(Br)cc2O)n1. The van der Waals surface area contributed by atoms with Crippen molar-refractivity contribution in [1.29, 1.82) is 0 Å². The maximum absolute atomic E-state index is 9.77. The molecule has 0 spiro atoms. The third-order valence-corrected chi connectivity index (χ3v) is 2.91. The molecule has 1 heterocycles. The number of rotatable bonds is 4. The van der Waals surface area contributed by atoms with Crippen LogP contribution >= 0.6 is 15.9 Å². The van der Waals surface area contributed by atoms with Crippen LogP contribution < -0.4 is 0 Å². The number of aromatic nitrogens is 2. The van der Waals surface area contributed by atoms with Crippen molar-refractivity contribution >= 4 is 15.9 Å². The van der Waals surface area contributed by atoms with Gasteiger partial charge in [-0.25, -0.2) is 0 Å². The van der Waals surface area contributed by atoms with E-state index in [-0.39, 0.29) is 5.75 Å². The van der Waals surface area contributed by atoms with Crippen molar-refractivity contribution in [2.45, 2.75) is 26.2 Å². The molecule has 4 nitrogen and oxygen atoms in total. The third kappa shape index (κ3) is 2.85. The summed E-state index contributed by atoms with van der Waals surface area (Å²) in [4.78, 5) is 4.26. The summed E-state index contributed by atoms with van der Waals surface area (Å²) in [5, 5.41) is 13.7. The van der Waals surface area contributed by atoms with Gasteiger partial charge in [0.05, 0.1) is 5.56 Å². The average Bonchev–Trinajstić information content (AvgIpc) is 2.75. The van der Waals surface area contributed by atoms with Crippen LogP contribution in [0.3, 0.4) is 0 Å². The quantitative estimate of drug-likeness (QED) is 0.937. The molecule has 0 saturated heterocycles. The highest BCUT2D eigenvalue weighted by atomic mass is 79.9. The minimum absolute atomic E-state index is 0.130. The first kappa shape index (κ1) is 12.1. The minimum atomic E-state index is 0.130. The summed E-state index contributed by atoms with van der Waals surface area (Å²) in [6.45, 7) is 2.11. The number of phenolic OH excluding ortho intramolecular Hbond substituents is 1. The van der Waals surface area contributed by atoms with E-state index in [0.29, 0.717) is 17.3 Å². The van der Waals surface area contributed by atoms with Crippen LogP contribution in [0, 0.1) is 0 Å². The molecule has 0 aliphatic heterocycles. The third-order valence-electron chi connectivity index (χ3n) is 2.41. The second-order valence-electron chi connectivity index (χ2n) is 3.78. The number of hydrogen-bond donors (Lipinski definition) is 1. The predicted molar refractivity (Wildman–Crippen MR) is 67.7 cm³/mol. The van der Waals surface area contributed by atoms with Crippen molar-refractivity contribution in [3.8, 4) is 17.2 Å². The van der Waals surface area contributed by atoms with Gasteiger partial charge >= 0.3 is 0 Å². The molecule has 0 radical (unpaired) electrons. The van der Waals surface area contributed by atoms with Gasteiger partial charge < -0.3 is 9.63 Å². The summed E-state index contributed by atoms with van der Waals surface area (Å²) < 4.78 is 5.94. The Morgan fingerprint density at radius 3 is 2.94 bits per heavy atom. The van der Waals surface area contributed by atoms with Gasteiger partial charge in [-0.3, -0.25) is 0 Å². The maximum Gasteiger partial charge on any atom is 0.261 e. The molecule has 0 aliphatic carbocycles. The molecule has 0 atom stereocenters. The van der Waals surface area contributed by atoms with Gasteiger partial charge in [0.15, 0.2) is 5.82 Å². The molecule has 1 N–H and O–H groups in total. The lowest BCUT2D eigenvalue weighted by atomic mass is 10.2. The summed E-state index contributed by atoms with van der Waals surface area (Å²) in [5.41, 5.74) is 0.559. The lowest BCUT2D eigenvalue weighted by Gasteiger charge is -1.98. The highest BCUT2D eigenvalue weighted by molar-refractivity contribution is 9.10. The molecular formula is C12H13BrN2O2. The number of unbranched alkanes of at least 4 members (excludes halogenated alkanes) is 1. The topological polar surface area (TPSA) is 59.2 Å². The molecule has 1 aromatic carbocycles. The van der Waals surface area contributed by atoms with Gasteiger partial charge in [0.25, 0.3) is 5.89 Å². The zero-order valence-electron chi connectivity index (χ0n) is 9.48. The van der Waals surface area contributed by atoms with Crippen molar-refractivity contribution in [3.63, 3.8) is 0 Å². The number of aryl methyl sites for hydroxylation is 1. The Hall–Kier alpha value is -1.36. The Balaban J connectivity index is 2.24. The van der Waals surface area contributed by atoms with Crippen LogP contribution in [0.15, 0.2) is 27.2 Å². The largest absolute Gasteiger partial charge is 0.507 e. The monoisotopic (exact) mass is 296 g/mol. The zero-order valence-corrected chi connectivity index (χ0v) is 11.1. The molecule has 1 aromatic heterocycles. The first-order valence-corrected chi connectivity index (χ1v) is 6.31. The van der Waals surface area contributed by atoms with E-state index < -0.39 is 0 Å². The smallest absolute Gasteiger partial charge is 0.261 e. The molecule has 0 fully saturated rings. The molecule has 2 aromatic rings. The average molecular weight is 297 g/mol. The Bertz CT molecular complexity index is 511. The Labute approximate surface area is 108 Å². The van der Waals surface area contributed by atoms with Crippen molar-refractivity contribution in [3.05, 3.63) is 28.5 Å². The standard InChI is InChI=1S/C12H13BrN2O2/c1-2-3-4-11-14-12(17-15-11)9-6-5-8(13)7-10(9)16/h5-7,16H,2-4H2,1H3. The fraction of sp³-hybridized carbons (Fsp3) is 0.333. The molecule has 90 valence electrons. The van der Waals surface area contributed by atoms with Crippen LogP contribution in [0.5, 0.6) is 5.75 Å². The zero-order chi connectivity index (χ0) is 12.3. The van der Waals surface area contributed by atoms with Crippen LogP contribution in [0.25, 0.3) is 11.5 Å². The van der Waals surface area contributed by atoms with Crippen molar-refractivity contribution in [2.24, 2.45) is 0 Å². The van der Waals surface area contributed by atoms with Crippen molar-refractivity contribution in [1.82, 2.24) is 10.1 Å². The number of benzene rings is 1. The second kappa shape index (κ2) is 5.31. The van der Waals surface area contributed by atoms with Crippen LogP contribution in [0.2, 0.25) is 0 Å². The van der Waals surface area contributed by atoms with E-state index in [9.17, 15) is 5.11 Å². The van der Waals surface area contributed by atoms with E-state index in [1.165, 1.54) is 0 Å². The number of aromatic hydroxyl groups is 1. The van der Waals surface area contributed by atoms with Crippen LogP contribution in [-0.2, 0) is 6.42 Å². The van der Waals surface area contributed by atoms with Gasteiger partial charge in [-0.2, -0.15) is 4.98 Å². The second-order valence-corrected chi connectivity index (χ2v) is 4.70. The van der Waals surface area contributed by atoms with Gasteiger partial charge in [-0.05, 0) is 24.6 Å². The van der Waals surface area contributed by atoms with Gasteiger partial charge in [0.2, 0.25) is 0 Å². The fourth-order valence-electron chi connectivity index (χ4n) is 1.49. The van der Waals surface area contributed by atoms with E-state index in [0.717, 1.165) is 23.7 Å². The molecule has 0 amide bonds. The molecule has 0 bridgehead atoms. The van der Waals surface area contributed by atoms with Crippen molar-refractivity contribution < 1.29 is 9.63 Å². The minimum Gasteiger partial charge on any atom is -0.507 e. The number of phenols is 1. The molecular weight excluding hydrogens is 284 g/mol. The summed E-state index contributed by atoms with van der Waals surface area (Å²) in [5.74, 6) is 1.18. The Kier molecular flexibility index (Phi) is 3.78. The summed E-state index contributed by atoms with van der Waals surface area (Å²) in [6, 6.07) is 5.17. The molecule has 17 heavy (non-hydrogen) atoms. The first-order valence-electron chi connectivity index (χ1n) is 5.52. The normalized spacial score (nSPS) is 10.7. The van der Waals surface area contributed by atoms with Crippen LogP contribution in [0.1, 0.15) is 25.6 Å². The number of halogens is 1. The van der Waals surface area contributed by atoms with Crippen molar-refractivity contribution in [2.75, 3.05) is 0 Å². The highest BCUT2D eigenvalue weighted by Gasteiger charge is 2.12.